The Bertz CT molecular complexity index is 754. The Morgan fingerprint density at radius 3 is 2.92 bits per heavy atom. The second kappa shape index (κ2) is 6.51. The molecular weight excluding hydrogens is 302 g/mol. The summed E-state index contributed by atoms with van der Waals surface area (Å²) in [6, 6.07) is 9.48. The number of nitrogens with zero attached hydrogens (tertiary/aromatic N) is 2. The van der Waals surface area contributed by atoms with Gasteiger partial charge in [0, 0.05) is 31.4 Å². The minimum absolute atomic E-state index is 0.109. The number of anilines is 2. The molecule has 3 heterocycles. The molecule has 0 radical (unpaired) electrons. The van der Waals surface area contributed by atoms with E-state index >= 15 is 0 Å². The zero-order valence-corrected chi connectivity index (χ0v) is 13.6. The maximum atomic E-state index is 12.8. The first kappa shape index (κ1) is 15.0. The predicted molar refractivity (Wildman–Crippen MR) is 93.9 cm³/mol. The molecule has 0 aliphatic carbocycles. The molecule has 0 spiro atoms. The van der Waals surface area contributed by atoms with E-state index in [0.29, 0.717) is 12.2 Å². The first-order valence-electron chi connectivity index (χ1n) is 8.58. The molecule has 0 atom stereocenters. The number of piperidine rings is 1. The molecule has 124 valence electrons. The number of benzene rings is 1. The standard InChI is InChI=1S/C19H21N3O2/c23-19(21-15-6-7-17-14(13-15)8-12-24-17)16-5-4-9-20-18(16)22-10-2-1-3-11-22/h4-7,9,13H,1-3,8,10-12H2,(H,21,23). The van der Waals surface area contributed by atoms with Gasteiger partial charge in [0.15, 0.2) is 0 Å². The number of aromatic nitrogens is 1. The van der Waals surface area contributed by atoms with E-state index in [4.69, 9.17) is 4.74 Å². The molecule has 2 aromatic rings. The van der Waals surface area contributed by atoms with Crippen LogP contribution in [0.4, 0.5) is 11.5 Å². The Morgan fingerprint density at radius 1 is 1.17 bits per heavy atom. The number of carbonyl (C=O) groups excluding carboxylic acids is 1. The Morgan fingerprint density at radius 2 is 2.04 bits per heavy atom. The topological polar surface area (TPSA) is 54.5 Å². The summed E-state index contributed by atoms with van der Waals surface area (Å²) in [6.45, 7) is 2.65. The molecule has 5 nitrogen and oxygen atoms in total. The molecule has 24 heavy (non-hydrogen) atoms. The number of hydrogen-bond acceptors (Lipinski definition) is 4. The molecule has 1 aromatic heterocycles. The molecule has 1 N–H and O–H groups in total. The van der Waals surface area contributed by atoms with Gasteiger partial charge in [0.05, 0.1) is 12.2 Å². The lowest BCUT2D eigenvalue weighted by molar-refractivity contribution is 0.102. The van der Waals surface area contributed by atoms with Gasteiger partial charge in [0.2, 0.25) is 0 Å². The summed E-state index contributed by atoms with van der Waals surface area (Å²) in [5.74, 6) is 1.60. The van der Waals surface area contributed by atoms with Gasteiger partial charge in [-0.3, -0.25) is 4.79 Å². The summed E-state index contributed by atoms with van der Waals surface area (Å²) in [7, 11) is 0. The smallest absolute Gasteiger partial charge is 0.259 e. The van der Waals surface area contributed by atoms with Crippen molar-refractivity contribution in [2.75, 3.05) is 29.9 Å². The number of amides is 1. The first-order valence-corrected chi connectivity index (χ1v) is 8.58. The average Bonchev–Trinajstić information content (AvgIpc) is 3.10. The third kappa shape index (κ3) is 2.94. The number of fused-ring (bicyclic) bond motifs is 1. The van der Waals surface area contributed by atoms with Gasteiger partial charge in [-0.25, -0.2) is 4.98 Å². The lowest BCUT2D eigenvalue weighted by atomic mass is 10.1. The highest BCUT2D eigenvalue weighted by Gasteiger charge is 2.20. The second-order valence-electron chi connectivity index (χ2n) is 6.30. The van der Waals surface area contributed by atoms with Crippen molar-refractivity contribution in [3.8, 4) is 5.75 Å². The molecular formula is C19H21N3O2. The van der Waals surface area contributed by atoms with Gasteiger partial charge in [0.1, 0.15) is 11.6 Å². The van der Waals surface area contributed by atoms with E-state index in [0.717, 1.165) is 55.2 Å². The van der Waals surface area contributed by atoms with E-state index in [1.54, 1.807) is 6.20 Å². The molecule has 2 aliphatic heterocycles. The van der Waals surface area contributed by atoms with Crippen molar-refractivity contribution in [3.63, 3.8) is 0 Å². The fourth-order valence-electron chi connectivity index (χ4n) is 3.39. The molecule has 4 rings (SSSR count). The molecule has 1 amide bonds. The lowest BCUT2D eigenvalue weighted by Gasteiger charge is -2.29. The lowest BCUT2D eigenvalue weighted by Crippen LogP contribution is -2.32. The second-order valence-corrected chi connectivity index (χ2v) is 6.30. The van der Waals surface area contributed by atoms with Gasteiger partial charge < -0.3 is 15.0 Å². The van der Waals surface area contributed by atoms with Gasteiger partial charge in [-0.1, -0.05) is 0 Å². The van der Waals surface area contributed by atoms with Crippen LogP contribution in [0.3, 0.4) is 0 Å². The zero-order chi connectivity index (χ0) is 16.4. The van der Waals surface area contributed by atoms with E-state index in [-0.39, 0.29) is 5.91 Å². The normalized spacial score (nSPS) is 16.4. The molecule has 0 saturated carbocycles. The third-order valence-electron chi connectivity index (χ3n) is 4.63. The average molecular weight is 323 g/mol. The molecule has 1 fully saturated rings. The SMILES string of the molecule is O=C(Nc1ccc2c(c1)CCO2)c1cccnc1N1CCCCC1. The van der Waals surface area contributed by atoms with Crippen LogP contribution in [0.5, 0.6) is 5.75 Å². The predicted octanol–water partition coefficient (Wildman–Crippen LogP) is 3.26. The van der Waals surface area contributed by atoms with Crippen LogP contribution in [0.25, 0.3) is 0 Å². The summed E-state index contributed by atoms with van der Waals surface area (Å²) < 4.78 is 5.51. The summed E-state index contributed by atoms with van der Waals surface area (Å²) in [6.07, 6.45) is 6.21. The third-order valence-corrected chi connectivity index (χ3v) is 4.63. The van der Waals surface area contributed by atoms with E-state index in [1.807, 2.05) is 30.3 Å². The Kier molecular flexibility index (Phi) is 4.07. The summed E-state index contributed by atoms with van der Waals surface area (Å²) in [5, 5.41) is 3.01. The van der Waals surface area contributed by atoms with Crippen molar-refractivity contribution in [3.05, 3.63) is 47.7 Å². The molecule has 2 aliphatic rings. The van der Waals surface area contributed by atoms with Gasteiger partial charge >= 0.3 is 0 Å². The maximum Gasteiger partial charge on any atom is 0.259 e. The van der Waals surface area contributed by atoms with Crippen LogP contribution in [0, 0.1) is 0 Å². The molecule has 0 unspecified atom stereocenters. The van der Waals surface area contributed by atoms with Crippen LogP contribution >= 0.6 is 0 Å². The molecule has 0 bridgehead atoms. The number of hydrogen-bond donors (Lipinski definition) is 1. The van der Waals surface area contributed by atoms with Crippen molar-refractivity contribution in [2.45, 2.75) is 25.7 Å². The van der Waals surface area contributed by atoms with E-state index in [1.165, 1.54) is 6.42 Å². The van der Waals surface area contributed by atoms with Gasteiger partial charge in [-0.2, -0.15) is 0 Å². The minimum atomic E-state index is -0.109. The zero-order valence-electron chi connectivity index (χ0n) is 13.6. The number of nitrogens with one attached hydrogen (secondary N) is 1. The summed E-state index contributed by atoms with van der Waals surface area (Å²) >= 11 is 0. The van der Waals surface area contributed by atoms with E-state index < -0.39 is 0 Å². The molecule has 5 heteroatoms. The van der Waals surface area contributed by atoms with Crippen molar-refractivity contribution in [1.29, 1.82) is 0 Å². The van der Waals surface area contributed by atoms with Gasteiger partial charge in [0.25, 0.3) is 5.91 Å². The summed E-state index contributed by atoms with van der Waals surface area (Å²) in [5.41, 5.74) is 2.59. The van der Waals surface area contributed by atoms with Crippen LogP contribution in [0.1, 0.15) is 35.2 Å². The Balaban J connectivity index is 1.56. The van der Waals surface area contributed by atoms with Crippen molar-refractivity contribution >= 4 is 17.4 Å². The van der Waals surface area contributed by atoms with Crippen LogP contribution in [0.2, 0.25) is 0 Å². The van der Waals surface area contributed by atoms with Crippen LogP contribution in [-0.4, -0.2) is 30.6 Å². The monoisotopic (exact) mass is 323 g/mol. The Labute approximate surface area is 141 Å². The quantitative estimate of drug-likeness (QED) is 0.942. The first-order chi connectivity index (χ1) is 11.8. The number of carbonyl (C=O) groups is 1. The van der Waals surface area contributed by atoms with Crippen LogP contribution in [0.15, 0.2) is 36.5 Å². The largest absolute Gasteiger partial charge is 0.493 e. The van der Waals surface area contributed by atoms with Crippen LogP contribution < -0.4 is 15.0 Å². The number of rotatable bonds is 3. The fraction of sp³-hybridized carbons (Fsp3) is 0.368. The molecule has 1 saturated heterocycles. The van der Waals surface area contributed by atoms with Gasteiger partial charge in [-0.05, 0) is 55.2 Å². The van der Waals surface area contributed by atoms with Gasteiger partial charge in [-0.15, -0.1) is 0 Å². The van der Waals surface area contributed by atoms with E-state index in [2.05, 4.69) is 15.2 Å². The van der Waals surface area contributed by atoms with Crippen molar-refractivity contribution in [2.24, 2.45) is 0 Å². The Hall–Kier alpha value is -2.56. The van der Waals surface area contributed by atoms with Crippen molar-refractivity contribution in [1.82, 2.24) is 4.98 Å². The van der Waals surface area contributed by atoms with E-state index in [9.17, 15) is 4.79 Å². The number of ether oxygens (including phenoxy) is 1. The minimum Gasteiger partial charge on any atom is -0.493 e. The molecule has 1 aromatic carbocycles. The number of pyridine rings is 1. The fourth-order valence-corrected chi connectivity index (χ4v) is 3.39. The highest BCUT2D eigenvalue weighted by atomic mass is 16.5. The van der Waals surface area contributed by atoms with Crippen LogP contribution in [-0.2, 0) is 6.42 Å². The highest BCUT2D eigenvalue weighted by Crippen LogP contribution is 2.28. The highest BCUT2D eigenvalue weighted by molar-refractivity contribution is 6.07. The maximum absolute atomic E-state index is 12.8. The summed E-state index contributed by atoms with van der Waals surface area (Å²) in [4.78, 5) is 19.5. The van der Waals surface area contributed by atoms with Crippen molar-refractivity contribution < 1.29 is 9.53 Å².